The fourth-order valence-corrected chi connectivity index (χ4v) is 4.26. The third-order valence-corrected chi connectivity index (χ3v) is 5.77. The van der Waals surface area contributed by atoms with Gasteiger partial charge in [-0.1, -0.05) is 29.8 Å². The zero-order chi connectivity index (χ0) is 16.2. The van der Waals surface area contributed by atoms with Crippen LogP contribution in [0.25, 0.3) is 0 Å². The number of sulfonamides is 1. The number of hydrogen-bond donors (Lipinski definition) is 0. The Balaban J connectivity index is 2.07. The second kappa shape index (κ2) is 7.30. The maximum atomic E-state index is 12.5. The highest BCUT2D eigenvalue weighted by molar-refractivity contribution is 7.88. The molecule has 0 bridgehead atoms. The minimum Gasteiger partial charge on any atom is -0.453 e. The third-order valence-electron chi connectivity index (χ3n) is 3.58. The topological polar surface area (TPSA) is 66.9 Å². The van der Waals surface area contributed by atoms with E-state index in [1.807, 2.05) is 0 Å². The van der Waals surface area contributed by atoms with Crippen molar-refractivity contribution in [2.24, 2.45) is 0 Å². The van der Waals surface area contributed by atoms with Crippen LogP contribution in [0.1, 0.15) is 12.0 Å². The van der Waals surface area contributed by atoms with Crippen LogP contribution in [-0.4, -0.2) is 57.0 Å². The standard InChI is InChI=1S/C14H19ClN2O4S/c1-21-14(18)16-7-4-8-17(10-9-16)22(19,20)11-12-5-2-3-6-13(12)15/h2-3,5-6H,4,7-11H2,1H3. The first-order chi connectivity index (χ1) is 10.4. The highest BCUT2D eigenvalue weighted by atomic mass is 35.5. The summed E-state index contributed by atoms with van der Waals surface area (Å²) in [5, 5.41) is 0.442. The summed E-state index contributed by atoms with van der Waals surface area (Å²) in [4.78, 5) is 13.0. The molecule has 1 aromatic rings. The van der Waals surface area contributed by atoms with Crippen molar-refractivity contribution in [1.82, 2.24) is 9.21 Å². The molecular formula is C14H19ClN2O4S. The molecule has 1 aliphatic rings. The van der Waals surface area contributed by atoms with Gasteiger partial charge in [0.2, 0.25) is 10.0 Å². The van der Waals surface area contributed by atoms with Crippen molar-refractivity contribution < 1.29 is 17.9 Å². The van der Waals surface area contributed by atoms with Gasteiger partial charge in [-0.25, -0.2) is 13.2 Å². The van der Waals surface area contributed by atoms with E-state index in [0.717, 1.165) is 0 Å². The number of benzene rings is 1. The lowest BCUT2D eigenvalue weighted by Gasteiger charge is -2.21. The molecule has 0 N–H and O–H groups in total. The van der Waals surface area contributed by atoms with E-state index in [2.05, 4.69) is 4.74 Å². The van der Waals surface area contributed by atoms with Crippen LogP contribution in [0.5, 0.6) is 0 Å². The fraction of sp³-hybridized carbons (Fsp3) is 0.500. The highest BCUT2D eigenvalue weighted by Crippen LogP contribution is 2.20. The van der Waals surface area contributed by atoms with E-state index in [9.17, 15) is 13.2 Å². The summed E-state index contributed by atoms with van der Waals surface area (Å²) >= 11 is 6.03. The zero-order valence-electron chi connectivity index (χ0n) is 12.4. The van der Waals surface area contributed by atoms with Gasteiger partial charge in [-0.15, -0.1) is 0 Å². The van der Waals surface area contributed by atoms with E-state index in [1.165, 1.54) is 16.3 Å². The summed E-state index contributed by atoms with van der Waals surface area (Å²) < 4.78 is 31.2. The molecule has 0 unspecified atom stereocenters. The van der Waals surface area contributed by atoms with Crippen LogP contribution in [0.15, 0.2) is 24.3 Å². The van der Waals surface area contributed by atoms with E-state index in [4.69, 9.17) is 11.6 Å². The molecule has 0 aromatic heterocycles. The van der Waals surface area contributed by atoms with E-state index < -0.39 is 16.1 Å². The number of hydrogen-bond acceptors (Lipinski definition) is 4. The molecule has 0 atom stereocenters. The molecule has 122 valence electrons. The molecule has 1 aromatic carbocycles. The highest BCUT2D eigenvalue weighted by Gasteiger charge is 2.27. The number of methoxy groups -OCH3 is 1. The first-order valence-electron chi connectivity index (χ1n) is 6.98. The molecule has 0 spiro atoms. The minimum absolute atomic E-state index is 0.134. The molecule has 1 saturated heterocycles. The van der Waals surface area contributed by atoms with Crippen LogP contribution in [0, 0.1) is 0 Å². The first kappa shape index (κ1) is 17.1. The SMILES string of the molecule is COC(=O)N1CCCN(S(=O)(=O)Cc2ccccc2Cl)CC1. The maximum absolute atomic E-state index is 12.5. The molecule has 0 saturated carbocycles. The first-order valence-corrected chi connectivity index (χ1v) is 8.97. The minimum atomic E-state index is -3.47. The number of carbonyl (C=O) groups excluding carboxylic acids is 1. The molecule has 1 fully saturated rings. The molecule has 1 aliphatic heterocycles. The van der Waals surface area contributed by atoms with Crippen molar-refractivity contribution in [2.45, 2.75) is 12.2 Å². The number of carbonyl (C=O) groups is 1. The predicted octanol–water partition coefficient (Wildman–Crippen LogP) is 1.94. The summed E-state index contributed by atoms with van der Waals surface area (Å²) in [7, 11) is -2.15. The molecule has 8 heteroatoms. The second-order valence-electron chi connectivity index (χ2n) is 5.06. The van der Waals surface area contributed by atoms with Crippen LogP contribution >= 0.6 is 11.6 Å². The molecule has 1 amide bonds. The lowest BCUT2D eigenvalue weighted by Crippen LogP contribution is -2.37. The molecular weight excluding hydrogens is 328 g/mol. The Kier molecular flexibility index (Phi) is 5.66. The Labute approximate surface area is 135 Å². The van der Waals surface area contributed by atoms with Crippen molar-refractivity contribution in [3.05, 3.63) is 34.9 Å². The average molecular weight is 347 g/mol. The number of rotatable bonds is 3. The van der Waals surface area contributed by atoms with Crippen LogP contribution < -0.4 is 0 Å². The normalized spacial score (nSPS) is 17.1. The summed E-state index contributed by atoms with van der Waals surface area (Å²) in [5.74, 6) is -0.134. The van der Waals surface area contributed by atoms with Gasteiger partial charge >= 0.3 is 6.09 Å². The van der Waals surface area contributed by atoms with Gasteiger partial charge < -0.3 is 9.64 Å². The van der Waals surface area contributed by atoms with Crippen LogP contribution in [0.4, 0.5) is 4.79 Å². The molecule has 6 nitrogen and oxygen atoms in total. The second-order valence-corrected chi connectivity index (χ2v) is 7.43. The number of ether oxygens (including phenoxy) is 1. The smallest absolute Gasteiger partial charge is 0.409 e. The van der Waals surface area contributed by atoms with Gasteiger partial charge in [0.05, 0.1) is 12.9 Å². The number of nitrogens with zero attached hydrogens (tertiary/aromatic N) is 2. The maximum Gasteiger partial charge on any atom is 0.409 e. The average Bonchev–Trinajstić information content (AvgIpc) is 2.75. The van der Waals surface area contributed by atoms with Gasteiger partial charge in [-0.05, 0) is 18.1 Å². The van der Waals surface area contributed by atoms with E-state index in [0.29, 0.717) is 36.6 Å². The summed E-state index contributed by atoms with van der Waals surface area (Å²) in [5.41, 5.74) is 0.582. The summed E-state index contributed by atoms with van der Waals surface area (Å²) in [6, 6.07) is 6.91. The molecule has 0 aliphatic carbocycles. The predicted molar refractivity (Wildman–Crippen MR) is 84.2 cm³/mol. The Bertz CT molecular complexity index is 635. The van der Waals surface area contributed by atoms with E-state index in [1.54, 1.807) is 24.3 Å². The molecule has 22 heavy (non-hydrogen) atoms. The quantitative estimate of drug-likeness (QED) is 0.839. The Morgan fingerprint density at radius 3 is 2.64 bits per heavy atom. The van der Waals surface area contributed by atoms with Gasteiger partial charge in [-0.3, -0.25) is 0 Å². The largest absolute Gasteiger partial charge is 0.453 e. The van der Waals surface area contributed by atoms with Crippen LogP contribution in [-0.2, 0) is 20.5 Å². The Morgan fingerprint density at radius 1 is 1.23 bits per heavy atom. The zero-order valence-corrected chi connectivity index (χ0v) is 13.9. The van der Waals surface area contributed by atoms with Crippen LogP contribution in [0.2, 0.25) is 5.02 Å². The van der Waals surface area contributed by atoms with Crippen molar-refractivity contribution in [3.63, 3.8) is 0 Å². The number of amides is 1. The molecule has 0 radical (unpaired) electrons. The van der Waals surface area contributed by atoms with Gasteiger partial charge in [-0.2, -0.15) is 4.31 Å². The molecule has 2 rings (SSSR count). The van der Waals surface area contributed by atoms with Crippen molar-refractivity contribution in [3.8, 4) is 0 Å². The third kappa shape index (κ3) is 4.12. The summed E-state index contributed by atoms with van der Waals surface area (Å²) in [6.07, 6.45) is 0.155. The summed E-state index contributed by atoms with van der Waals surface area (Å²) in [6.45, 7) is 1.47. The Morgan fingerprint density at radius 2 is 1.95 bits per heavy atom. The van der Waals surface area contributed by atoms with Crippen molar-refractivity contribution >= 4 is 27.7 Å². The Hall–Kier alpha value is -1.31. The number of halogens is 1. The van der Waals surface area contributed by atoms with Gasteiger partial charge in [0.25, 0.3) is 0 Å². The lowest BCUT2D eigenvalue weighted by atomic mass is 10.2. The van der Waals surface area contributed by atoms with E-state index >= 15 is 0 Å². The van der Waals surface area contributed by atoms with Gasteiger partial charge in [0, 0.05) is 31.2 Å². The van der Waals surface area contributed by atoms with E-state index in [-0.39, 0.29) is 12.3 Å². The fourth-order valence-electron chi connectivity index (χ4n) is 2.39. The monoisotopic (exact) mass is 346 g/mol. The molecule has 1 heterocycles. The van der Waals surface area contributed by atoms with Gasteiger partial charge in [0.15, 0.2) is 0 Å². The lowest BCUT2D eigenvalue weighted by molar-refractivity contribution is 0.126. The van der Waals surface area contributed by atoms with Crippen molar-refractivity contribution in [1.29, 1.82) is 0 Å². The van der Waals surface area contributed by atoms with Gasteiger partial charge in [0.1, 0.15) is 0 Å². The van der Waals surface area contributed by atoms with Crippen molar-refractivity contribution in [2.75, 3.05) is 33.3 Å². The van der Waals surface area contributed by atoms with Crippen LogP contribution in [0.3, 0.4) is 0 Å².